The molecule has 0 rings (SSSR count). The molecule has 0 aromatic carbocycles. The molecule has 21 nitrogen and oxygen atoms in total. The van der Waals surface area contributed by atoms with Crippen LogP contribution in [0.4, 0.5) is 0 Å². The van der Waals surface area contributed by atoms with Gasteiger partial charge in [-0.25, -0.2) is 8.42 Å². The summed E-state index contributed by atoms with van der Waals surface area (Å²) < 4.78 is 113. The monoisotopic (exact) mass is 963 g/mol. The van der Waals surface area contributed by atoms with Crippen LogP contribution in [0.25, 0.3) is 0 Å². The van der Waals surface area contributed by atoms with E-state index in [0.717, 1.165) is 37.1 Å². The van der Waals surface area contributed by atoms with E-state index in [-0.39, 0.29) is 97.8 Å². The number of nitrogens with zero attached hydrogens (tertiary/aromatic N) is 1. The van der Waals surface area contributed by atoms with E-state index in [2.05, 4.69) is 74.2 Å². The molecular formula is C34H55N5Na2O16S4. The Hall–Kier alpha value is -3.39. The molecule has 5 N–H and O–H groups in total. The smallest absolute Gasteiger partial charge is 0.748 e. The molecule has 0 aliphatic heterocycles. The molecule has 0 saturated heterocycles. The quantitative estimate of drug-likeness (QED) is 0.0137. The van der Waals surface area contributed by atoms with E-state index in [1.165, 1.54) is 6.08 Å². The van der Waals surface area contributed by atoms with Crippen molar-refractivity contribution in [1.82, 2.24) is 21.3 Å². The standard InChI is InChI=1S/C12H20N2O5S.C12H19N2O5S.C6H10.C3H3N.CH4.2Na.2O3S/c2*1-4-11(15)13-9(3)6-7-10(8-20(17,18)19)14-12(16)5-2;1-3-5-6-4-2;1-2-3-4;;;;2*1-4(2)3/h4-5,9-10H,1-2,6-8H2,3H3,(H,13,15)(H,14,16)(H,17,18,19);4-5,9-10H,1-3,6-8H2,(H,13,15)(H,14,16)(H,17,18,19);3-4H,1-2,5-6H2;2H,1H2;1H4;;;;/q;-1;;;;2*+1;;/p-1. The summed E-state index contributed by atoms with van der Waals surface area (Å²) in [5.74, 6) is -3.16. The van der Waals surface area contributed by atoms with Gasteiger partial charge in [0.25, 0.3) is 10.1 Å². The number of allylic oxidation sites excluding steroid dienone is 3. The zero-order valence-corrected chi connectivity index (χ0v) is 41.1. The van der Waals surface area contributed by atoms with Crippen LogP contribution in [0.2, 0.25) is 0 Å². The maximum Gasteiger partial charge on any atom is 1.00 e. The molecule has 338 valence electrons. The van der Waals surface area contributed by atoms with Gasteiger partial charge in [0.15, 0.2) is 0 Å². The molecule has 61 heavy (non-hydrogen) atoms. The predicted molar refractivity (Wildman–Crippen MR) is 221 cm³/mol. The summed E-state index contributed by atoms with van der Waals surface area (Å²) in [6, 6.07) is -0.616. The third-order valence-corrected chi connectivity index (χ3v) is 7.10. The van der Waals surface area contributed by atoms with E-state index >= 15 is 0 Å². The van der Waals surface area contributed by atoms with Crippen molar-refractivity contribution in [2.75, 3.05) is 11.5 Å². The number of hydrogen-bond donors (Lipinski definition) is 5. The Morgan fingerprint density at radius 3 is 1.25 bits per heavy atom. The zero-order valence-electron chi connectivity index (χ0n) is 33.8. The van der Waals surface area contributed by atoms with E-state index in [0.29, 0.717) is 6.42 Å². The summed E-state index contributed by atoms with van der Waals surface area (Å²) in [4.78, 5) is 44.4. The fourth-order valence-electron chi connectivity index (χ4n) is 3.21. The van der Waals surface area contributed by atoms with E-state index in [9.17, 15) is 40.6 Å². The molecule has 0 aromatic heterocycles. The fourth-order valence-corrected chi connectivity index (χ4v) is 4.71. The second-order valence-corrected chi connectivity index (χ2v) is 14.1. The number of nitriles is 1. The number of amides is 4. The number of hydrogen-bond acceptors (Lipinski definition) is 16. The summed E-state index contributed by atoms with van der Waals surface area (Å²) >= 11 is 0. The van der Waals surface area contributed by atoms with Gasteiger partial charge in [0.2, 0.25) is 23.6 Å². The van der Waals surface area contributed by atoms with Crippen LogP contribution in [0.3, 0.4) is 0 Å². The number of unbranched alkanes of at least 4 members (excludes halogenated alkanes) is 1. The molecular weight excluding hydrogens is 909 g/mol. The first-order valence-corrected chi connectivity index (χ1v) is 21.0. The molecule has 0 aliphatic carbocycles. The maximum atomic E-state index is 11.2. The second kappa shape index (κ2) is 51.0. The van der Waals surface area contributed by atoms with E-state index in [1.54, 1.807) is 13.0 Å². The van der Waals surface area contributed by atoms with Gasteiger partial charge in [-0.1, -0.05) is 64.9 Å². The molecule has 0 fully saturated rings. The first-order chi connectivity index (χ1) is 26.6. The molecule has 0 spiro atoms. The summed E-state index contributed by atoms with van der Waals surface area (Å²) in [5.41, 5.74) is 0. The SMILES string of the molecule is C.C=CC#N.C=CC(=O)NC(C)CCC(CS(=O)(=O)O)NC(=O)C=C.C=CC(=O)NC([CH2-])CCC(CS(=O)(=O)[O-])NC(=O)C=C.C=CCCC=C.O=S(=O)=O.O=S(=O)=O.[Na+].[Na+]. The largest absolute Gasteiger partial charge is 1.00 e. The minimum absolute atomic E-state index is 0. The molecule has 4 atom stereocenters. The van der Waals surface area contributed by atoms with E-state index in [4.69, 9.17) is 35.1 Å². The van der Waals surface area contributed by atoms with Crippen LogP contribution in [0.5, 0.6) is 0 Å². The van der Waals surface area contributed by atoms with Crippen molar-refractivity contribution in [2.24, 2.45) is 0 Å². The molecule has 0 saturated carbocycles. The predicted octanol–water partition coefficient (Wildman–Crippen LogP) is -5.03. The van der Waals surface area contributed by atoms with Crippen LogP contribution in [0, 0.1) is 18.3 Å². The molecule has 0 radical (unpaired) electrons. The van der Waals surface area contributed by atoms with Gasteiger partial charge in [-0.2, -0.15) is 13.7 Å². The number of carbonyl (C=O) groups excluding carboxylic acids is 4. The van der Waals surface area contributed by atoms with Crippen molar-refractivity contribution in [2.45, 2.75) is 77.0 Å². The van der Waals surface area contributed by atoms with E-state index in [1.807, 2.05) is 12.2 Å². The summed E-state index contributed by atoms with van der Waals surface area (Å²) in [7, 11) is -14.9. The first-order valence-electron chi connectivity index (χ1n) is 15.8. The number of nitrogens with one attached hydrogen (secondary N) is 4. The minimum Gasteiger partial charge on any atom is -0.748 e. The van der Waals surface area contributed by atoms with Crippen molar-refractivity contribution in [1.29, 1.82) is 5.26 Å². The van der Waals surface area contributed by atoms with Crippen LogP contribution in [0.1, 0.15) is 52.9 Å². The average molecular weight is 964 g/mol. The average Bonchev–Trinajstić information content (AvgIpc) is 3.10. The van der Waals surface area contributed by atoms with Crippen LogP contribution in [-0.4, -0.2) is 110 Å². The first kappa shape index (κ1) is 78.1. The van der Waals surface area contributed by atoms with Gasteiger partial charge >= 0.3 is 80.3 Å². The van der Waals surface area contributed by atoms with Gasteiger partial charge in [0.1, 0.15) is 0 Å². The number of rotatable bonds is 21. The Morgan fingerprint density at radius 2 is 0.967 bits per heavy atom. The van der Waals surface area contributed by atoms with Gasteiger partial charge < -0.3 is 32.7 Å². The molecule has 4 unspecified atom stereocenters. The van der Waals surface area contributed by atoms with Crippen LogP contribution in [0.15, 0.2) is 88.6 Å². The van der Waals surface area contributed by atoms with Crippen molar-refractivity contribution in [3.05, 3.63) is 95.5 Å². The Bertz CT molecular complexity index is 1700. The normalized spacial score (nSPS) is 10.9. The maximum absolute atomic E-state index is 11.2. The fraction of sp³-hybridized carbons (Fsp3) is 0.412. The summed E-state index contributed by atoms with van der Waals surface area (Å²) in [6.45, 7) is 28.7. The molecule has 0 bridgehead atoms. The van der Waals surface area contributed by atoms with Crippen molar-refractivity contribution >= 4 is 65.1 Å². The Morgan fingerprint density at radius 1 is 0.672 bits per heavy atom. The second-order valence-electron chi connectivity index (χ2n) is 10.4. The topological polar surface area (TPSA) is 354 Å². The Balaban J connectivity index is -0.0000000873. The van der Waals surface area contributed by atoms with Gasteiger partial charge in [-0.15, -0.1) is 38.4 Å². The van der Waals surface area contributed by atoms with E-state index < -0.39 is 88.8 Å². The van der Waals surface area contributed by atoms with Crippen molar-refractivity contribution < 1.29 is 129 Å². The van der Waals surface area contributed by atoms with Gasteiger partial charge in [-0.3, -0.25) is 23.7 Å². The summed E-state index contributed by atoms with van der Waals surface area (Å²) in [6.07, 6.45) is 12.4. The Labute approximate surface area is 407 Å². The third kappa shape index (κ3) is 84.8. The molecule has 0 aliphatic rings. The van der Waals surface area contributed by atoms with Gasteiger partial charge in [0, 0.05) is 24.2 Å². The van der Waals surface area contributed by atoms with Crippen LogP contribution >= 0.6 is 0 Å². The summed E-state index contributed by atoms with van der Waals surface area (Å²) in [5, 5.41) is 17.4. The van der Waals surface area contributed by atoms with Gasteiger partial charge in [-0.05, 0) is 63.3 Å². The molecule has 4 amide bonds. The van der Waals surface area contributed by atoms with Crippen LogP contribution < -0.4 is 80.4 Å². The number of carbonyl (C=O) groups is 4. The molecule has 27 heteroatoms. The zero-order chi connectivity index (χ0) is 46.9. The minimum atomic E-state index is -4.48. The van der Waals surface area contributed by atoms with Gasteiger partial charge in [0.05, 0.1) is 27.7 Å². The third-order valence-electron chi connectivity index (χ3n) is 5.46. The Kier molecular flexibility index (Phi) is 65.3. The van der Waals surface area contributed by atoms with Crippen molar-refractivity contribution in [3.8, 4) is 6.07 Å². The van der Waals surface area contributed by atoms with Crippen LogP contribution in [-0.2, 0) is 60.6 Å². The molecule has 0 aromatic rings. The van der Waals surface area contributed by atoms with Crippen molar-refractivity contribution in [3.63, 3.8) is 0 Å². The molecule has 0 heterocycles.